The lowest BCUT2D eigenvalue weighted by Crippen LogP contribution is -2.51. The van der Waals surface area contributed by atoms with Crippen molar-refractivity contribution in [1.82, 2.24) is 9.62 Å². The Balaban J connectivity index is 0.00000200. The molecule has 7 heteroatoms. The smallest absolute Gasteiger partial charge is 0.243 e. The molecule has 1 saturated heterocycles. The van der Waals surface area contributed by atoms with Crippen LogP contribution in [0.25, 0.3) is 0 Å². The number of ether oxygens (including phenoxy) is 1. The molecule has 1 aliphatic rings. The predicted molar refractivity (Wildman–Crippen MR) is 80.6 cm³/mol. The molecule has 0 amide bonds. The Morgan fingerprint density at radius 3 is 2.85 bits per heavy atom. The third-order valence-electron chi connectivity index (χ3n) is 3.18. The Labute approximate surface area is 126 Å². The van der Waals surface area contributed by atoms with E-state index in [4.69, 9.17) is 4.74 Å². The average Bonchev–Trinajstić information content (AvgIpc) is 2.39. The summed E-state index contributed by atoms with van der Waals surface area (Å²) in [5.74, 6) is 0. The van der Waals surface area contributed by atoms with E-state index in [0.717, 1.165) is 5.56 Å². The van der Waals surface area contributed by atoms with Gasteiger partial charge in [-0.3, -0.25) is 0 Å². The Bertz CT molecular complexity index is 536. The van der Waals surface area contributed by atoms with Crippen molar-refractivity contribution in [3.05, 3.63) is 29.8 Å². The molecule has 114 valence electrons. The fraction of sp³-hybridized carbons (Fsp3) is 0.538. The summed E-state index contributed by atoms with van der Waals surface area (Å²) in [7, 11) is -1.80. The number of nitrogens with one attached hydrogen (secondary N) is 1. The van der Waals surface area contributed by atoms with Crippen molar-refractivity contribution < 1.29 is 13.2 Å². The molecule has 1 N–H and O–H groups in total. The Morgan fingerprint density at radius 2 is 2.20 bits per heavy atom. The molecule has 0 spiro atoms. The van der Waals surface area contributed by atoms with E-state index in [0.29, 0.717) is 31.1 Å². The van der Waals surface area contributed by atoms with Crippen molar-refractivity contribution in [3.8, 4) is 0 Å². The highest BCUT2D eigenvalue weighted by molar-refractivity contribution is 7.89. The normalized spacial score (nSPS) is 20.4. The molecule has 1 unspecified atom stereocenters. The fourth-order valence-corrected chi connectivity index (χ4v) is 3.83. The van der Waals surface area contributed by atoms with Gasteiger partial charge in [0, 0.05) is 32.8 Å². The summed E-state index contributed by atoms with van der Waals surface area (Å²) in [6.07, 6.45) is 0. The summed E-state index contributed by atoms with van der Waals surface area (Å²) in [5.41, 5.74) is 0.867. The van der Waals surface area contributed by atoms with E-state index in [9.17, 15) is 8.42 Å². The predicted octanol–water partition coefficient (Wildman–Crippen LogP) is 1.24. The van der Waals surface area contributed by atoms with Crippen molar-refractivity contribution in [3.63, 3.8) is 0 Å². The number of sulfonamides is 1. The van der Waals surface area contributed by atoms with Gasteiger partial charge >= 0.3 is 0 Å². The van der Waals surface area contributed by atoms with Gasteiger partial charge in [0.15, 0.2) is 0 Å². The molecular weight excluding hydrogens is 300 g/mol. The SMILES string of the molecule is COCc1cccc(S(=O)(=O)N2CCNC(C)C2)c1.Cl. The highest BCUT2D eigenvalue weighted by Crippen LogP contribution is 2.18. The minimum Gasteiger partial charge on any atom is -0.380 e. The van der Waals surface area contributed by atoms with E-state index < -0.39 is 10.0 Å². The van der Waals surface area contributed by atoms with Gasteiger partial charge in [-0.25, -0.2) is 8.42 Å². The maximum absolute atomic E-state index is 12.5. The lowest BCUT2D eigenvalue weighted by atomic mass is 10.2. The van der Waals surface area contributed by atoms with Crippen molar-refractivity contribution in [2.24, 2.45) is 0 Å². The highest BCUT2D eigenvalue weighted by atomic mass is 35.5. The molecule has 1 heterocycles. The number of benzene rings is 1. The molecule has 0 aliphatic carbocycles. The summed E-state index contributed by atoms with van der Waals surface area (Å²) in [4.78, 5) is 0.344. The van der Waals surface area contributed by atoms with Crippen LogP contribution in [0.4, 0.5) is 0 Å². The van der Waals surface area contributed by atoms with E-state index in [1.165, 1.54) is 0 Å². The molecule has 1 aromatic carbocycles. The number of piperazine rings is 1. The van der Waals surface area contributed by atoms with Crippen molar-refractivity contribution >= 4 is 22.4 Å². The molecule has 1 fully saturated rings. The molecule has 20 heavy (non-hydrogen) atoms. The third-order valence-corrected chi connectivity index (χ3v) is 5.04. The van der Waals surface area contributed by atoms with Crippen LogP contribution < -0.4 is 5.32 Å². The largest absolute Gasteiger partial charge is 0.380 e. The molecular formula is C13H21ClN2O3S. The van der Waals surface area contributed by atoms with Crippen molar-refractivity contribution in [2.75, 3.05) is 26.7 Å². The van der Waals surface area contributed by atoms with Crippen LogP contribution in [0.15, 0.2) is 29.2 Å². The second-order valence-electron chi connectivity index (χ2n) is 4.80. The van der Waals surface area contributed by atoms with Gasteiger partial charge in [-0.1, -0.05) is 12.1 Å². The topological polar surface area (TPSA) is 58.6 Å². The standard InChI is InChI=1S/C13H20N2O3S.ClH/c1-11-9-15(7-6-14-11)19(16,17)13-5-3-4-12(8-13)10-18-2;/h3-5,8,11,14H,6-7,9-10H2,1-2H3;1H. The zero-order valence-corrected chi connectivity index (χ0v) is 13.3. The van der Waals surface area contributed by atoms with E-state index in [-0.39, 0.29) is 18.4 Å². The van der Waals surface area contributed by atoms with Crippen LogP contribution in [0.1, 0.15) is 12.5 Å². The third kappa shape index (κ3) is 3.93. The van der Waals surface area contributed by atoms with Crippen LogP contribution in [0, 0.1) is 0 Å². The van der Waals surface area contributed by atoms with E-state index in [2.05, 4.69) is 5.32 Å². The van der Waals surface area contributed by atoms with Crippen molar-refractivity contribution in [2.45, 2.75) is 24.5 Å². The second kappa shape index (κ2) is 7.38. The number of hydrogen-bond acceptors (Lipinski definition) is 4. The molecule has 1 atom stereocenters. The number of hydrogen-bond donors (Lipinski definition) is 1. The molecule has 0 aromatic heterocycles. The number of halogens is 1. The van der Waals surface area contributed by atoms with Crippen molar-refractivity contribution in [1.29, 1.82) is 0 Å². The Hall–Kier alpha value is -0.660. The summed E-state index contributed by atoms with van der Waals surface area (Å²) >= 11 is 0. The quantitative estimate of drug-likeness (QED) is 0.907. The first kappa shape index (κ1) is 17.4. The van der Waals surface area contributed by atoms with Crippen LogP contribution in [-0.4, -0.2) is 45.5 Å². The van der Waals surface area contributed by atoms with Gasteiger partial charge in [-0.2, -0.15) is 4.31 Å². The Morgan fingerprint density at radius 1 is 1.45 bits per heavy atom. The van der Waals surface area contributed by atoms with Gasteiger partial charge in [0.05, 0.1) is 11.5 Å². The van der Waals surface area contributed by atoms with Crippen LogP contribution >= 0.6 is 12.4 Å². The number of methoxy groups -OCH3 is 1. The van der Waals surface area contributed by atoms with Gasteiger partial charge in [-0.15, -0.1) is 12.4 Å². The molecule has 1 aliphatic heterocycles. The maximum Gasteiger partial charge on any atom is 0.243 e. The first-order chi connectivity index (χ1) is 9.04. The minimum absolute atomic E-state index is 0. The highest BCUT2D eigenvalue weighted by Gasteiger charge is 2.28. The maximum atomic E-state index is 12.5. The summed E-state index contributed by atoms with van der Waals surface area (Å²) in [5, 5.41) is 3.24. The lowest BCUT2D eigenvalue weighted by Gasteiger charge is -2.31. The zero-order valence-electron chi connectivity index (χ0n) is 11.7. The molecule has 0 bridgehead atoms. The molecule has 5 nitrogen and oxygen atoms in total. The summed E-state index contributed by atoms with van der Waals surface area (Å²) in [6.45, 7) is 4.13. The van der Waals surface area contributed by atoms with Gasteiger partial charge < -0.3 is 10.1 Å². The number of rotatable bonds is 4. The van der Waals surface area contributed by atoms with Gasteiger partial charge in [0.2, 0.25) is 10.0 Å². The van der Waals surface area contributed by atoms with Gasteiger partial charge in [-0.05, 0) is 24.6 Å². The zero-order chi connectivity index (χ0) is 13.9. The molecule has 1 aromatic rings. The first-order valence-electron chi connectivity index (χ1n) is 6.35. The van der Waals surface area contributed by atoms with Gasteiger partial charge in [0.25, 0.3) is 0 Å². The van der Waals surface area contributed by atoms with Crippen LogP contribution in [0.5, 0.6) is 0 Å². The van der Waals surface area contributed by atoms with Crippen LogP contribution in [0.2, 0.25) is 0 Å². The van der Waals surface area contributed by atoms with E-state index in [1.807, 2.05) is 13.0 Å². The molecule has 0 radical (unpaired) electrons. The summed E-state index contributed by atoms with van der Waals surface area (Å²) in [6, 6.07) is 7.13. The minimum atomic E-state index is -3.40. The first-order valence-corrected chi connectivity index (χ1v) is 7.79. The lowest BCUT2D eigenvalue weighted by molar-refractivity contribution is 0.184. The summed E-state index contributed by atoms with van der Waals surface area (Å²) < 4.78 is 31.7. The average molecular weight is 321 g/mol. The van der Waals surface area contributed by atoms with Gasteiger partial charge in [0.1, 0.15) is 0 Å². The Kier molecular flexibility index (Phi) is 6.42. The second-order valence-corrected chi connectivity index (χ2v) is 6.74. The molecule has 2 rings (SSSR count). The van der Waals surface area contributed by atoms with Crippen LogP contribution in [0.3, 0.4) is 0 Å². The van der Waals surface area contributed by atoms with E-state index >= 15 is 0 Å². The monoisotopic (exact) mass is 320 g/mol. The van der Waals surface area contributed by atoms with Crippen LogP contribution in [-0.2, 0) is 21.4 Å². The fourth-order valence-electron chi connectivity index (χ4n) is 2.23. The number of nitrogens with zero attached hydrogens (tertiary/aromatic N) is 1. The molecule has 0 saturated carbocycles. The van der Waals surface area contributed by atoms with E-state index in [1.54, 1.807) is 29.6 Å².